The lowest BCUT2D eigenvalue weighted by Crippen LogP contribution is -2.06. The lowest BCUT2D eigenvalue weighted by Gasteiger charge is -2.17. The van der Waals surface area contributed by atoms with Crippen LogP contribution >= 0.6 is 0 Å². The Morgan fingerprint density at radius 1 is 1.21 bits per heavy atom. The Morgan fingerprint density at radius 3 is 2.74 bits per heavy atom. The second-order valence-corrected chi connectivity index (χ2v) is 5.36. The average Bonchev–Trinajstić information content (AvgIpc) is 2.93. The van der Waals surface area contributed by atoms with E-state index in [0.717, 1.165) is 22.6 Å². The Bertz CT molecular complexity index is 571. The van der Waals surface area contributed by atoms with Crippen molar-refractivity contribution in [1.29, 1.82) is 0 Å². The van der Waals surface area contributed by atoms with Crippen LogP contribution in [0.1, 0.15) is 49.4 Å². The maximum absolute atomic E-state index is 5.92. The maximum atomic E-state index is 5.92. The van der Waals surface area contributed by atoms with Crippen LogP contribution in [0.25, 0.3) is 11.5 Å². The largest absolute Gasteiger partial charge is 0.398 e. The standard InChI is InChI=1S/C15H19N3O/c1-10-7-8-12(9-13(10)16)15-17-14(18-19-15)11-5-3-2-4-6-11/h7-9,11H,2-6,16H2,1H3. The van der Waals surface area contributed by atoms with Crippen molar-refractivity contribution in [1.82, 2.24) is 10.1 Å². The molecular weight excluding hydrogens is 238 g/mol. The molecule has 1 saturated carbocycles. The van der Waals surface area contributed by atoms with Crippen LogP contribution in [0.5, 0.6) is 0 Å². The van der Waals surface area contributed by atoms with Gasteiger partial charge in [0.2, 0.25) is 0 Å². The summed E-state index contributed by atoms with van der Waals surface area (Å²) in [6, 6.07) is 5.85. The monoisotopic (exact) mass is 257 g/mol. The third kappa shape index (κ3) is 2.48. The minimum absolute atomic E-state index is 0.467. The number of aromatic nitrogens is 2. The minimum Gasteiger partial charge on any atom is -0.398 e. The van der Waals surface area contributed by atoms with Gasteiger partial charge in [0.05, 0.1) is 0 Å². The molecule has 19 heavy (non-hydrogen) atoms. The van der Waals surface area contributed by atoms with Crippen molar-refractivity contribution in [3.63, 3.8) is 0 Å². The summed E-state index contributed by atoms with van der Waals surface area (Å²) >= 11 is 0. The van der Waals surface area contributed by atoms with Gasteiger partial charge in [-0.25, -0.2) is 0 Å². The second kappa shape index (κ2) is 5.03. The molecule has 1 aliphatic rings. The molecule has 1 aromatic heterocycles. The van der Waals surface area contributed by atoms with Crippen molar-refractivity contribution in [3.05, 3.63) is 29.6 Å². The van der Waals surface area contributed by atoms with E-state index in [-0.39, 0.29) is 0 Å². The van der Waals surface area contributed by atoms with Gasteiger partial charge >= 0.3 is 0 Å². The van der Waals surface area contributed by atoms with Crippen LogP contribution in [-0.4, -0.2) is 10.1 Å². The topological polar surface area (TPSA) is 64.9 Å². The van der Waals surface area contributed by atoms with Crippen LogP contribution in [0.2, 0.25) is 0 Å². The molecule has 0 atom stereocenters. The number of nitrogens with two attached hydrogens (primary N) is 1. The fourth-order valence-corrected chi connectivity index (χ4v) is 2.65. The number of rotatable bonds is 2. The van der Waals surface area contributed by atoms with Crippen LogP contribution in [0, 0.1) is 6.92 Å². The van der Waals surface area contributed by atoms with Gasteiger partial charge in [-0.1, -0.05) is 30.5 Å². The number of benzene rings is 1. The summed E-state index contributed by atoms with van der Waals surface area (Å²) in [6.45, 7) is 1.99. The van der Waals surface area contributed by atoms with E-state index in [1.165, 1.54) is 32.1 Å². The molecule has 1 heterocycles. The first-order valence-corrected chi connectivity index (χ1v) is 6.94. The maximum Gasteiger partial charge on any atom is 0.258 e. The zero-order chi connectivity index (χ0) is 13.2. The van der Waals surface area contributed by atoms with Crippen molar-refractivity contribution < 1.29 is 4.52 Å². The van der Waals surface area contributed by atoms with E-state index in [1.54, 1.807) is 0 Å². The first-order chi connectivity index (χ1) is 9.24. The summed E-state index contributed by atoms with van der Waals surface area (Å²) in [5, 5.41) is 4.14. The number of hydrogen-bond acceptors (Lipinski definition) is 4. The smallest absolute Gasteiger partial charge is 0.258 e. The Labute approximate surface area is 113 Å². The molecule has 0 saturated heterocycles. The molecule has 2 aromatic rings. The molecule has 0 bridgehead atoms. The Balaban J connectivity index is 1.85. The fourth-order valence-electron chi connectivity index (χ4n) is 2.65. The fraction of sp³-hybridized carbons (Fsp3) is 0.467. The highest BCUT2D eigenvalue weighted by Gasteiger charge is 2.21. The van der Waals surface area contributed by atoms with E-state index in [1.807, 2.05) is 25.1 Å². The molecule has 1 aliphatic carbocycles. The second-order valence-electron chi connectivity index (χ2n) is 5.36. The van der Waals surface area contributed by atoms with Crippen LogP contribution in [-0.2, 0) is 0 Å². The molecule has 4 heteroatoms. The third-order valence-electron chi connectivity index (χ3n) is 3.94. The summed E-state index contributed by atoms with van der Waals surface area (Å²) in [6.07, 6.45) is 6.22. The number of aryl methyl sites for hydroxylation is 1. The highest BCUT2D eigenvalue weighted by molar-refractivity contribution is 5.62. The molecule has 100 valence electrons. The molecule has 0 aliphatic heterocycles. The SMILES string of the molecule is Cc1ccc(-c2nc(C3CCCCC3)no2)cc1N. The van der Waals surface area contributed by atoms with Gasteiger partial charge in [-0.3, -0.25) is 0 Å². The molecule has 0 spiro atoms. The highest BCUT2D eigenvalue weighted by atomic mass is 16.5. The van der Waals surface area contributed by atoms with Gasteiger partial charge in [-0.05, 0) is 37.5 Å². The summed E-state index contributed by atoms with van der Waals surface area (Å²) in [4.78, 5) is 4.54. The Morgan fingerprint density at radius 2 is 2.00 bits per heavy atom. The molecular formula is C15H19N3O. The predicted octanol–water partition coefficient (Wildman–Crippen LogP) is 3.67. The lowest BCUT2D eigenvalue weighted by atomic mass is 9.89. The summed E-state index contributed by atoms with van der Waals surface area (Å²) in [5.41, 5.74) is 8.64. The van der Waals surface area contributed by atoms with E-state index in [4.69, 9.17) is 10.3 Å². The predicted molar refractivity (Wildman–Crippen MR) is 74.7 cm³/mol. The van der Waals surface area contributed by atoms with Gasteiger partial charge < -0.3 is 10.3 Å². The quantitative estimate of drug-likeness (QED) is 0.833. The van der Waals surface area contributed by atoms with Crippen molar-refractivity contribution >= 4 is 5.69 Å². The zero-order valence-electron chi connectivity index (χ0n) is 11.2. The minimum atomic E-state index is 0.467. The summed E-state index contributed by atoms with van der Waals surface area (Å²) < 4.78 is 5.38. The van der Waals surface area contributed by atoms with E-state index in [0.29, 0.717) is 11.8 Å². The van der Waals surface area contributed by atoms with Gasteiger partial charge in [0.1, 0.15) is 0 Å². The average molecular weight is 257 g/mol. The first-order valence-electron chi connectivity index (χ1n) is 6.94. The van der Waals surface area contributed by atoms with Crippen LogP contribution in [0.4, 0.5) is 5.69 Å². The number of nitrogens with zero attached hydrogens (tertiary/aromatic N) is 2. The van der Waals surface area contributed by atoms with Crippen molar-refractivity contribution in [2.45, 2.75) is 44.9 Å². The van der Waals surface area contributed by atoms with E-state index < -0.39 is 0 Å². The van der Waals surface area contributed by atoms with Gasteiger partial charge in [0.15, 0.2) is 5.82 Å². The van der Waals surface area contributed by atoms with E-state index in [9.17, 15) is 0 Å². The van der Waals surface area contributed by atoms with Gasteiger partial charge in [0, 0.05) is 17.2 Å². The Hall–Kier alpha value is -1.84. The molecule has 4 nitrogen and oxygen atoms in total. The van der Waals surface area contributed by atoms with Crippen molar-refractivity contribution in [3.8, 4) is 11.5 Å². The molecule has 0 unspecified atom stereocenters. The normalized spacial score (nSPS) is 16.7. The van der Waals surface area contributed by atoms with Crippen LogP contribution in [0.3, 0.4) is 0 Å². The molecule has 0 radical (unpaired) electrons. The van der Waals surface area contributed by atoms with E-state index >= 15 is 0 Å². The van der Waals surface area contributed by atoms with Gasteiger partial charge in [-0.15, -0.1) is 0 Å². The van der Waals surface area contributed by atoms with Crippen LogP contribution in [0.15, 0.2) is 22.7 Å². The van der Waals surface area contributed by atoms with Gasteiger partial charge in [0.25, 0.3) is 5.89 Å². The number of anilines is 1. The molecule has 2 N–H and O–H groups in total. The molecule has 0 amide bonds. The van der Waals surface area contributed by atoms with Crippen LogP contribution < -0.4 is 5.73 Å². The lowest BCUT2D eigenvalue weighted by molar-refractivity contribution is 0.385. The highest BCUT2D eigenvalue weighted by Crippen LogP contribution is 2.32. The molecule has 3 rings (SSSR count). The molecule has 1 fully saturated rings. The van der Waals surface area contributed by atoms with E-state index in [2.05, 4.69) is 10.1 Å². The first kappa shape index (κ1) is 12.2. The van der Waals surface area contributed by atoms with Crippen molar-refractivity contribution in [2.24, 2.45) is 0 Å². The summed E-state index contributed by atoms with van der Waals surface area (Å²) in [5.74, 6) is 1.90. The summed E-state index contributed by atoms with van der Waals surface area (Å²) in [7, 11) is 0. The zero-order valence-corrected chi connectivity index (χ0v) is 11.2. The number of nitrogen functional groups attached to an aromatic ring is 1. The van der Waals surface area contributed by atoms with Crippen molar-refractivity contribution in [2.75, 3.05) is 5.73 Å². The molecule has 1 aromatic carbocycles. The Kier molecular flexibility index (Phi) is 3.23. The third-order valence-corrected chi connectivity index (χ3v) is 3.94. The van der Waals surface area contributed by atoms with Gasteiger partial charge in [-0.2, -0.15) is 4.98 Å². The number of hydrogen-bond donors (Lipinski definition) is 1.